The molecular formula is C26H25F3N2O4. The number of alkyl halides is 3. The zero-order chi connectivity index (χ0) is 25.4. The summed E-state index contributed by atoms with van der Waals surface area (Å²) >= 11 is 0. The third-order valence-electron chi connectivity index (χ3n) is 5.49. The number of carbonyl (C=O) groups is 2. The van der Waals surface area contributed by atoms with Crippen LogP contribution < -0.4 is 5.32 Å². The number of nitrogens with zero attached hydrogens (tertiary/aromatic N) is 1. The van der Waals surface area contributed by atoms with E-state index >= 15 is 0 Å². The van der Waals surface area contributed by atoms with Gasteiger partial charge in [0, 0.05) is 36.8 Å². The van der Waals surface area contributed by atoms with Gasteiger partial charge in [-0.3, -0.25) is 9.69 Å². The summed E-state index contributed by atoms with van der Waals surface area (Å²) in [7, 11) is 0. The molecule has 1 unspecified atom stereocenters. The fraction of sp³-hybridized carbons (Fsp3) is 0.231. The van der Waals surface area contributed by atoms with Crippen molar-refractivity contribution in [1.29, 1.82) is 0 Å². The highest BCUT2D eigenvalue weighted by Crippen LogP contribution is 2.22. The van der Waals surface area contributed by atoms with E-state index in [1.807, 2.05) is 60.7 Å². The lowest BCUT2D eigenvalue weighted by molar-refractivity contribution is -0.192. The minimum absolute atomic E-state index is 0.0333. The smallest absolute Gasteiger partial charge is 0.490 e. The number of aliphatic carboxylic acids is 1. The molecule has 1 amide bonds. The molecule has 6 nitrogen and oxygen atoms in total. The number of hydrogen-bond donors (Lipinski definition) is 3. The van der Waals surface area contributed by atoms with Crippen molar-refractivity contribution in [3.8, 4) is 16.9 Å². The molecule has 4 rings (SSSR count). The molecule has 3 aromatic rings. The van der Waals surface area contributed by atoms with Crippen molar-refractivity contribution < 1.29 is 33.0 Å². The molecule has 1 atom stereocenters. The third-order valence-corrected chi connectivity index (χ3v) is 5.49. The predicted octanol–water partition coefficient (Wildman–Crippen LogP) is 4.70. The van der Waals surface area contributed by atoms with Crippen LogP contribution in [-0.4, -0.2) is 52.3 Å². The minimum atomic E-state index is -5.08. The first-order valence-corrected chi connectivity index (χ1v) is 10.9. The van der Waals surface area contributed by atoms with Crippen molar-refractivity contribution in [2.75, 3.05) is 13.1 Å². The zero-order valence-corrected chi connectivity index (χ0v) is 18.7. The molecule has 0 spiro atoms. The molecule has 1 aliphatic rings. The highest BCUT2D eigenvalue weighted by atomic mass is 19.4. The Hall–Kier alpha value is -3.85. The number of hydrogen-bond acceptors (Lipinski definition) is 4. The van der Waals surface area contributed by atoms with E-state index in [1.165, 1.54) is 0 Å². The maximum atomic E-state index is 12.6. The van der Waals surface area contributed by atoms with Gasteiger partial charge in [0.15, 0.2) is 0 Å². The van der Waals surface area contributed by atoms with E-state index in [9.17, 15) is 23.1 Å². The maximum Gasteiger partial charge on any atom is 0.490 e. The van der Waals surface area contributed by atoms with Gasteiger partial charge in [0.2, 0.25) is 0 Å². The number of amides is 1. The van der Waals surface area contributed by atoms with E-state index < -0.39 is 12.1 Å². The van der Waals surface area contributed by atoms with Crippen LogP contribution in [0.5, 0.6) is 5.75 Å². The molecule has 1 fully saturated rings. The Morgan fingerprint density at radius 1 is 0.914 bits per heavy atom. The summed E-state index contributed by atoms with van der Waals surface area (Å²) in [5, 5.41) is 20.2. The lowest BCUT2D eigenvalue weighted by Crippen LogP contribution is -2.36. The minimum Gasteiger partial charge on any atom is -0.508 e. The predicted molar refractivity (Wildman–Crippen MR) is 125 cm³/mol. The Balaban J connectivity index is 0.000000429. The fourth-order valence-electron chi connectivity index (χ4n) is 3.69. The van der Waals surface area contributed by atoms with E-state index in [0.717, 1.165) is 36.2 Å². The van der Waals surface area contributed by atoms with Gasteiger partial charge in [0.25, 0.3) is 5.91 Å². The van der Waals surface area contributed by atoms with Crippen LogP contribution in [0.3, 0.4) is 0 Å². The number of aromatic hydroxyl groups is 1. The van der Waals surface area contributed by atoms with Crippen molar-refractivity contribution >= 4 is 11.9 Å². The first kappa shape index (κ1) is 25.8. The van der Waals surface area contributed by atoms with Gasteiger partial charge in [-0.2, -0.15) is 13.2 Å². The summed E-state index contributed by atoms with van der Waals surface area (Å²) in [5.74, 6) is -2.46. The average Bonchev–Trinajstić information content (AvgIpc) is 3.27. The first-order valence-electron chi connectivity index (χ1n) is 10.9. The zero-order valence-electron chi connectivity index (χ0n) is 18.7. The van der Waals surface area contributed by atoms with E-state index in [4.69, 9.17) is 9.90 Å². The van der Waals surface area contributed by atoms with E-state index in [-0.39, 0.29) is 11.9 Å². The van der Waals surface area contributed by atoms with Crippen molar-refractivity contribution in [3.05, 3.63) is 90.0 Å². The molecule has 3 N–H and O–H groups in total. The second-order valence-corrected chi connectivity index (χ2v) is 8.07. The standard InChI is InChI=1S/C24H24N2O2.C2HF3O2/c27-23-9-5-4-8-21(23)16-26-15-14-22(17-26)25-24(28)20-12-10-19(11-13-20)18-6-2-1-3-7-18;3-2(4,5)1(6)7/h1-13,22,27H,14-17H2,(H,25,28);(H,6,7). The molecule has 0 aromatic heterocycles. The van der Waals surface area contributed by atoms with Crippen LogP contribution in [0.4, 0.5) is 13.2 Å². The number of phenols is 1. The molecule has 1 heterocycles. The SMILES string of the molecule is O=C(NC1CCN(Cc2ccccc2O)C1)c1ccc(-c2ccccc2)cc1.O=C(O)C(F)(F)F. The van der Waals surface area contributed by atoms with E-state index in [2.05, 4.69) is 22.3 Å². The number of para-hydroxylation sites is 1. The van der Waals surface area contributed by atoms with Crippen LogP contribution in [0.1, 0.15) is 22.3 Å². The number of halogens is 3. The number of phenolic OH excluding ortho intramolecular Hbond substituents is 1. The molecule has 9 heteroatoms. The lowest BCUT2D eigenvalue weighted by atomic mass is 10.0. The van der Waals surface area contributed by atoms with Gasteiger partial charge in [-0.25, -0.2) is 4.79 Å². The number of rotatable bonds is 5. The number of carboxylic acid groups (broad SMARTS) is 1. The van der Waals surface area contributed by atoms with Gasteiger partial charge < -0.3 is 15.5 Å². The number of carboxylic acids is 1. The van der Waals surface area contributed by atoms with Gasteiger partial charge in [-0.1, -0.05) is 60.7 Å². The van der Waals surface area contributed by atoms with Gasteiger partial charge in [-0.15, -0.1) is 0 Å². The Morgan fingerprint density at radius 2 is 1.49 bits per heavy atom. The molecule has 1 saturated heterocycles. The Kier molecular flexibility index (Phi) is 8.48. The monoisotopic (exact) mass is 486 g/mol. The van der Waals surface area contributed by atoms with Crippen molar-refractivity contribution in [2.24, 2.45) is 0 Å². The summed E-state index contributed by atoms with van der Waals surface area (Å²) in [6.45, 7) is 2.40. The summed E-state index contributed by atoms with van der Waals surface area (Å²) in [6, 6.07) is 25.4. The largest absolute Gasteiger partial charge is 0.508 e. The number of carbonyl (C=O) groups excluding carboxylic acids is 1. The van der Waals surface area contributed by atoms with Crippen LogP contribution in [0.2, 0.25) is 0 Å². The normalized spacial score (nSPS) is 15.7. The molecular weight excluding hydrogens is 461 g/mol. The summed E-state index contributed by atoms with van der Waals surface area (Å²) in [6.07, 6.45) is -4.17. The van der Waals surface area contributed by atoms with Crippen LogP contribution in [0.15, 0.2) is 78.9 Å². The fourth-order valence-corrected chi connectivity index (χ4v) is 3.69. The maximum absolute atomic E-state index is 12.6. The number of benzene rings is 3. The number of likely N-dealkylation sites (tertiary alicyclic amines) is 1. The molecule has 35 heavy (non-hydrogen) atoms. The second-order valence-electron chi connectivity index (χ2n) is 8.07. The highest BCUT2D eigenvalue weighted by molar-refractivity contribution is 5.94. The quantitative estimate of drug-likeness (QED) is 0.487. The molecule has 0 saturated carbocycles. The van der Waals surface area contributed by atoms with Crippen LogP contribution in [-0.2, 0) is 11.3 Å². The Bertz CT molecular complexity index is 1140. The Morgan fingerprint density at radius 3 is 2.09 bits per heavy atom. The van der Waals surface area contributed by atoms with Crippen molar-refractivity contribution in [1.82, 2.24) is 10.2 Å². The highest BCUT2D eigenvalue weighted by Gasteiger charge is 2.38. The summed E-state index contributed by atoms with van der Waals surface area (Å²) < 4.78 is 31.7. The Labute approximate surface area is 200 Å². The lowest BCUT2D eigenvalue weighted by Gasteiger charge is -2.17. The van der Waals surface area contributed by atoms with Crippen LogP contribution >= 0.6 is 0 Å². The molecule has 3 aromatic carbocycles. The van der Waals surface area contributed by atoms with Gasteiger partial charge >= 0.3 is 12.1 Å². The van der Waals surface area contributed by atoms with Crippen molar-refractivity contribution in [2.45, 2.75) is 25.2 Å². The molecule has 0 aliphatic carbocycles. The van der Waals surface area contributed by atoms with Crippen LogP contribution in [0.25, 0.3) is 11.1 Å². The number of nitrogens with one attached hydrogen (secondary N) is 1. The first-order chi connectivity index (χ1) is 16.6. The summed E-state index contributed by atoms with van der Waals surface area (Å²) in [4.78, 5) is 23.8. The van der Waals surface area contributed by atoms with Gasteiger partial charge in [-0.05, 0) is 35.7 Å². The summed E-state index contributed by atoms with van der Waals surface area (Å²) in [5.41, 5.74) is 3.85. The van der Waals surface area contributed by atoms with Crippen molar-refractivity contribution in [3.63, 3.8) is 0 Å². The third kappa shape index (κ3) is 7.58. The molecule has 184 valence electrons. The van der Waals surface area contributed by atoms with Gasteiger partial charge in [0.1, 0.15) is 5.75 Å². The molecule has 0 bridgehead atoms. The van der Waals surface area contributed by atoms with Gasteiger partial charge in [0.05, 0.1) is 0 Å². The average molecular weight is 486 g/mol. The van der Waals surface area contributed by atoms with E-state index in [1.54, 1.807) is 6.07 Å². The molecule has 0 radical (unpaired) electrons. The van der Waals surface area contributed by atoms with Crippen LogP contribution in [0, 0.1) is 0 Å². The molecule has 1 aliphatic heterocycles. The van der Waals surface area contributed by atoms with E-state index in [0.29, 0.717) is 17.9 Å². The topological polar surface area (TPSA) is 89.9 Å². The second kappa shape index (κ2) is 11.5.